The molecule has 1 aromatic heterocycles. The molecule has 0 radical (unpaired) electrons. The molecule has 6 heteroatoms. The van der Waals surface area contributed by atoms with Crippen LogP contribution in [0.1, 0.15) is 64.1 Å². The highest BCUT2D eigenvalue weighted by molar-refractivity contribution is 8.00. The van der Waals surface area contributed by atoms with Gasteiger partial charge >= 0.3 is 0 Å². The van der Waals surface area contributed by atoms with Gasteiger partial charge in [-0.3, -0.25) is 4.79 Å². The van der Waals surface area contributed by atoms with E-state index < -0.39 is 0 Å². The lowest BCUT2D eigenvalue weighted by Crippen LogP contribution is -2.44. The summed E-state index contributed by atoms with van der Waals surface area (Å²) in [5.41, 5.74) is 1.03. The highest BCUT2D eigenvalue weighted by Gasteiger charge is 2.31. The molecular formula is C21H28N4OS. The Morgan fingerprint density at radius 1 is 1.19 bits per heavy atom. The number of nitrogens with one attached hydrogen (secondary N) is 1. The van der Waals surface area contributed by atoms with Gasteiger partial charge in [0.25, 0.3) is 0 Å². The molecule has 1 aromatic carbocycles. The maximum atomic E-state index is 12.7. The smallest absolute Gasteiger partial charge is 0.233 e. The topological polar surface area (TPSA) is 59.8 Å². The molecule has 2 aliphatic rings. The normalized spacial score (nSPS) is 23.8. The second-order valence-electron chi connectivity index (χ2n) is 7.91. The monoisotopic (exact) mass is 384 g/mol. The van der Waals surface area contributed by atoms with Gasteiger partial charge in [-0.25, -0.2) is 9.67 Å². The number of amides is 1. The van der Waals surface area contributed by atoms with E-state index in [2.05, 4.69) is 24.4 Å². The number of hydrogen-bond acceptors (Lipinski definition) is 4. The summed E-state index contributed by atoms with van der Waals surface area (Å²) in [6, 6.07) is 10.5. The number of benzene rings is 1. The molecule has 0 saturated heterocycles. The van der Waals surface area contributed by atoms with Crippen molar-refractivity contribution in [1.29, 1.82) is 0 Å². The standard InChI is InChI=1S/C21H28N4OS/c1-14-8-6-7-11-18(14)22-20(26)15(2)27-21-23-19(16-12-13-16)25(24-21)17-9-4-3-5-10-17/h3-5,9-10,14-16,18H,6-8,11-13H2,1-2H3,(H,22,26). The van der Waals surface area contributed by atoms with E-state index in [0.29, 0.717) is 23.0 Å². The third kappa shape index (κ3) is 4.37. The van der Waals surface area contributed by atoms with Crippen LogP contribution < -0.4 is 5.32 Å². The summed E-state index contributed by atoms with van der Waals surface area (Å²) in [5, 5.41) is 8.47. The van der Waals surface area contributed by atoms with Crippen LogP contribution in [0.15, 0.2) is 35.5 Å². The molecule has 2 fully saturated rings. The number of para-hydroxylation sites is 1. The molecule has 3 unspecified atom stereocenters. The van der Waals surface area contributed by atoms with E-state index in [1.165, 1.54) is 43.9 Å². The summed E-state index contributed by atoms with van der Waals surface area (Å²) >= 11 is 1.46. The summed E-state index contributed by atoms with van der Waals surface area (Å²) in [6.45, 7) is 4.19. The molecule has 4 rings (SSSR count). The van der Waals surface area contributed by atoms with Crippen molar-refractivity contribution in [1.82, 2.24) is 20.1 Å². The van der Waals surface area contributed by atoms with Crippen molar-refractivity contribution in [2.24, 2.45) is 5.92 Å². The Labute approximate surface area is 165 Å². The van der Waals surface area contributed by atoms with Crippen molar-refractivity contribution in [2.45, 2.75) is 74.7 Å². The lowest BCUT2D eigenvalue weighted by molar-refractivity contribution is -0.121. The van der Waals surface area contributed by atoms with Crippen molar-refractivity contribution in [2.75, 3.05) is 0 Å². The highest BCUT2D eigenvalue weighted by atomic mass is 32.2. The number of rotatable bonds is 6. The van der Waals surface area contributed by atoms with E-state index in [1.807, 2.05) is 29.8 Å². The van der Waals surface area contributed by atoms with Crippen LogP contribution in [0.3, 0.4) is 0 Å². The average molecular weight is 385 g/mol. The van der Waals surface area contributed by atoms with E-state index >= 15 is 0 Å². The molecule has 1 amide bonds. The van der Waals surface area contributed by atoms with Gasteiger partial charge in [0.1, 0.15) is 5.82 Å². The number of carbonyl (C=O) groups is 1. The minimum Gasteiger partial charge on any atom is -0.352 e. The van der Waals surface area contributed by atoms with E-state index in [-0.39, 0.29) is 11.2 Å². The van der Waals surface area contributed by atoms with Gasteiger partial charge in [-0.1, -0.05) is 49.7 Å². The van der Waals surface area contributed by atoms with Gasteiger partial charge < -0.3 is 5.32 Å². The highest BCUT2D eigenvalue weighted by Crippen LogP contribution is 2.40. The average Bonchev–Trinajstić information content (AvgIpc) is 3.44. The van der Waals surface area contributed by atoms with Crippen LogP contribution in [0.5, 0.6) is 0 Å². The molecule has 3 atom stereocenters. The fourth-order valence-corrected chi connectivity index (χ4v) is 4.53. The van der Waals surface area contributed by atoms with Crippen molar-refractivity contribution < 1.29 is 4.79 Å². The Kier molecular flexibility index (Phi) is 5.53. The van der Waals surface area contributed by atoms with Gasteiger partial charge in [0.15, 0.2) is 0 Å². The molecular weight excluding hydrogens is 356 g/mol. The van der Waals surface area contributed by atoms with Crippen LogP contribution in [0, 0.1) is 5.92 Å². The zero-order chi connectivity index (χ0) is 18.8. The molecule has 1 heterocycles. The van der Waals surface area contributed by atoms with Crippen LogP contribution in [0.4, 0.5) is 0 Å². The van der Waals surface area contributed by atoms with Gasteiger partial charge in [0.05, 0.1) is 10.9 Å². The number of thioether (sulfide) groups is 1. The zero-order valence-corrected chi connectivity index (χ0v) is 16.9. The maximum absolute atomic E-state index is 12.7. The quantitative estimate of drug-likeness (QED) is 0.754. The zero-order valence-electron chi connectivity index (χ0n) is 16.1. The molecule has 0 bridgehead atoms. The number of aromatic nitrogens is 3. The van der Waals surface area contributed by atoms with E-state index in [1.54, 1.807) is 0 Å². The second-order valence-corrected chi connectivity index (χ2v) is 9.22. The minimum absolute atomic E-state index is 0.0998. The lowest BCUT2D eigenvalue weighted by atomic mass is 9.86. The van der Waals surface area contributed by atoms with E-state index in [9.17, 15) is 4.79 Å². The van der Waals surface area contributed by atoms with E-state index in [0.717, 1.165) is 17.9 Å². The molecule has 0 aliphatic heterocycles. The SMILES string of the molecule is CC(Sc1nc(C2CC2)n(-c2ccccc2)n1)C(=O)NC1CCCCC1C. The summed E-state index contributed by atoms with van der Waals surface area (Å²) in [7, 11) is 0. The van der Waals surface area contributed by atoms with Crippen molar-refractivity contribution in [3.8, 4) is 5.69 Å². The maximum Gasteiger partial charge on any atom is 0.233 e. The van der Waals surface area contributed by atoms with Crippen LogP contribution >= 0.6 is 11.8 Å². The van der Waals surface area contributed by atoms with Gasteiger partial charge in [-0.05, 0) is 50.7 Å². The first-order valence-electron chi connectivity index (χ1n) is 10.1. The Balaban J connectivity index is 1.45. The minimum atomic E-state index is -0.196. The molecule has 0 spiro atoms. The van der Waals surface area contributed by atoms with E-state index in [4.69, 9.17) is 10.1 Å². The Hall–Kier alpha value is -1.82. The second kappa shape index (κ2) is 8.05. The van der Waals surface area contributed by atoms with Gasteiger partial charge in [-0.2, -0.15) is 0 Å². The van der Waals surface area contributed by atoms with Crippen molar-refractivity contribution in [3.63, 3.8) is 0 Å². The predicted octanol–water partition coefficient (Wildman–Crippen LogP) is 4.32. The Morgan fingerprint density at radius 3 is 2.63 bits per heavy atom. The first-order chi connectivity index (χ1) is 13.1. The predicted molar refractivity (Wildman–Crippen MR) is 108 cm³/mol. The van der Waals surface area contributed by atoms with Crippen LogP contribution in [-0.4, -0.2) is 32.0 Å². The summed E-state index contributed by atoms with van der Waals surface area (Å²) in [5.74, 6) is 2.19. The van der Waals surface area contributed by atoms with Crippen molar-refractivity contribution in [3.05, 3.63) is 36.2 Å². The molecule has 2 aliphatic carbocycles. The first kappa shape index (κ1) is 18.5. The third-order valence-electron chi connectivity index (χ3n) is 5.65. The summed E-state index contributed by atoms with van der Waals surface area (Å²) in [4.78, 5) is 17.4. The molecule has 2 aromatic rings. The van der Waals surface area contributed by atoms with Gasteiger partial charge in [-0.15, -0.1) is 5.10 Å². The lowest BCUT2D eigenvalue weighted by Gasteiger charge is -2.30. The fourth-order valence-electron chi connectivity index (χ4n) is 3.76. The van der Waals surface area contributed by atoms with Crippen LogP contribution in [-0.2, 0) is 4.79 Å². The molecule has 27 heavy (non-hydrogen) atoms. The number of nitrogens with zero attached hydrogens (tertiary/aromatic N) is 3. The molecule has 144 valence electrons. The fraction of sp³-hybridized carbons (Fsp3) is 0.571. The largest absolute Gasteiger partial charge is 0.352 e. The molecule has 5 nitrogen and oxygen atoms in total. The first-order valence-corrected chi connectivity index (χ1v) is 11.0. The molecule has 1 N–H and O–H groups in total. The Morgan fingerprint density at radius 2 is 1.93 bits per heavy atom. The number of hydrogen-bond donors (Lipinski definition) is 1. The Bertz CT molecular complexity index is 787. The van der Waals surface area contributed by atoms with Gasteiger partial charge in [0, 0.05) is 12.0 Å². The van der Waals surface area contributed by atoms with Crippen molar-refractivity contribution >= 4 is 17.7 Å². The molecule has 2 saturated carbocycles. The van der Waals surface area contributed by atoms with Gasteiger partial charge in [0.2, 0.25) is 11.1 Å². The number of carbonyl (C=O) groups excluding carboxylic acids is 1. The summed E-state index contributed by atoms with van der Waals surface area (Å²) < 4.78 is 1.95. The van der Waals surface area contributed by atoms with Crippen LogP contribution in [0.2, 0.25) is 0 Å². The summed E-state index contributed by atoms with van der Waals surface area (Å²) in [6.07, 6.45) is 7.14. The van der Waals surface area contributed by atoms with Crippen LogP contribution in [0.25, 0.3) is 5.69 Å². The third-order valence-corrected chi connectivity index (χ3v) is 6.60.